The highest BCUT2D eigenvalue weighted by Gasteiger charge is 2.25. The molecule has 2 aliphatic heterocycles. The lowest BCUT2D eigenvalue weighted by atomic mass is 10.0. The number of hydrogen-bond donors (Lipinski definition) is 0. The van der Waals surface area contributed by atoms with Gasteiger partial charge in [0.05, 0.1) is 12.2 Å². The molecule has 0 saturated carbocycles. The third-order valence-electron chi connectivity index (χ3n) is 3.97. The molecule has 1 saturated heterocycles. The molecule has 1 unspecified atom stereocenters. The van der Waals surface area contributed by atoms with Gasteiger partial charge in [0.1, 0.15) is 6.07 Å². The van der Waals surface area contributed by atoms with E-state index in [0.717, 1.165) is 38.2 Å². The molecule has 1 aromatic heterocycles. The molecule has 3 heterocycles. The Hall–Kier alpha value is -1.87. The van der Waals surface area contributed by atoms with E-state index in [4.69, 9.17) is 10.00 Å². The molecule has 1 amide bonds. The number of rotatable bonds is 2. The highest BCUT2D eigenvalue weighted by molar-refractivity contribution is 5.76. The third-order valence-corrected chi connectivity index (χ3v) is 3.97. The highest BCUT2D eigenvalue weighted by Crippen LogP contribution is 2.20. The first-order valence-electron chi connectivity index (χ1n) is 7.08. The summed E-state index contributed by atoms with van der Waals surface area (Å²) in [4.78, 5) is 14.3. The summed E-state index contributed by atoms with van der Waals surface area (Å²) in [7, 11) is 0. The predicted molar refractivity (Wildman–Crippen MR) is 70.5 cm³/mol. The molecule has 1 fully saturated rings. The van der Waals surface area contributed by atoms with Crippen LogP contribution in [0.2, 0.25) is 0 Å². The molecule has 6 heteroatoms. The maximum atomic E-state index is 12.4. The number of aryl methyl sites for hydroxylation is 1. The summed E-state index contributed by atoms with van der Waals surface area (Å²) in [5.41, 5.74) is 1.38. The van der Waals surface area contributed by atoms with Crippen molar-refractivity contribution in [3.05, 3.63) is 17.5 Å². The van der Waals surface area contributed by atoms with Crippen molar-refractivity contribution in [2.75, 3.05) is 19.8 Å². The van der Waals surface area contributed by atoms with Crippen LogP contribution in [0, 0.1) is 17.2 Å². The summed E-state index contributed by atoms with van der Waals surface area (Å²) < 4.78 is 7.17. The molecule has 6 nitrogen and oxygen atoms in total. The largest absolute Gasteiger partial charge is 0.381 e. The maximum absolute atomic E-state index is 12.4. The van der Waals surface area contributed by atoms with Crippen molar-refractivity contribution >= 4 is 5.91 Å². The van der Waals surface area contributed by atoms with Crippen LogP contribution in [0.25, 0.3) is 0 Å². The highest BCUT2D eigenvalue weighted by atomic mass is 16.5. The standard InChI is InChI=1S/C14H18N4O2/c15-8-12-7-13-9-17(3-1-4-18(13)16-12)14(19)6-11-2-5-20-10-11/h7,11H,1-6,9-10H2. The molecule has 0 aromatic carbocycles. The van der Waals surface area contributed by atoms with E-state index in [1.807, 2.05) is 9.58 Å². The molecule has 20 heavy (non-hydrogen) atoms. The summed E-state index contributed by atoms with van der Waals surface area (Å²) in [5, 5.41) is 13.1. The van der Waals surface area contributed by atoms with Gasteiger partial charge in [-0.25, -0.2) is 0 Å². The molecule has 0 bridgehead atoms. The van der Waals surface area contributed by atoms with Gasteiger partial charge in [-0.3, -0.25) is 9.48 Å². The molecule has 1 atom stereocenters. The Morgan fingerprint density at radius 2 is 2.45 bits per heavy atom. The van der Waals surface area contributed by atoms with Gasteiger partial charge in [0.15, 0.2) is 5.69 Å². The minimum absolute atomic E-state index is 0.189. The summed E-state index contributed by atoms with van der Waals surface area (Å²) in [6.07, 6.45) is 2.43. The van der Waals surface area contributed by atoms with Gasteiger partial charge in [-0.1, -0.05) is 0 Å². The number of aromatic nitrogens is 2. The molecule has 2 aliphatic rings. The van der Waals surface area contributed by atoms with Crippen LogP contribution in [-0.2, 0) is 22.6 Å². The lowest BCUT2D eigenvalue weighted by Gasteiger charge is -2.21. The Bertz CT molecular complexity index is 540. The molecular weight excluding hydrogens is 256 g/mol. The number of hydrogen-bond acceptors (Lipinski definition) is 4. The Balaban J connectivity index is 1.68. The zero-order valence-corrected chi connectivity index (χ0v) is 11.4. The fourth-order valence-corrected chi connectivity index (χ4v) is 2.85. The molecule has 1 aromatic rings. The van der Waals surface area contributed by atoms with E-state index in [9.17, 15) is 4.79 Å². The first kappa shape index (κ1) is 13.1. The van der Waals surface area contributed by atoms with Crippen molar-refractivity contribution in [3.63, 3.8) is 0 Å². The van der Waals surface area contributed by atoms with Crippen LogP contribution in [0.3, 0.4) is 0 Å². The first-order valence-corrected chi connectivity index (χ1v) is 7.08. The first-order chi connectivity index (χ1) is 9.76. The van der Waals surface area contributed by atoms with Crippen LogP contribution in [0.5, 0.6) is 0 Å². The molecule has 0 aliphatic carbocycles. The van der Waals surface area contributed by atoms with Crippen LogP contribution in [0.15, 0.2) is 6.07 Å². The van der Waals surface area contributed by atoms with E-state index in [1.165, 1.54) is 0 Å². The van der Waals surface area contributed by atoms with Crippen LogP contribution in [0.4, 0.5) is 0 Å². The number of amides is 1. The molecule has 106 valence electrons. The van der Waals surface area contributed by atoms with Crippen LogP contribution in [0.1, 0.15) is 30.7 Å². The Kier molecular flexibility index (Phi) is 3.70. The normalized spacial score (nSPS) is 22.1. The van der Waals surface area contributed by atoms with E-state index >= 15 is 0 Å². The zero-order chi connectivity index (χ0) is 13.9. The van der Waals surface area contributed by atoms with Gasteiger partial charge >= 0.3 is 0 Å². The number of ether oxygens (including phenoxy) is 1. The van der Waals surface area contributed by atoms with Crippen molar-refractivity contribution < 1.29 is 9.53 Å². The van der Waals surface area contributed by atoms with E-state index in [2.05, 4.69) is 11.2 Å². The number of nitriles is 1. The predicted octanol–water partition coefficient (Wildman–Crippen LogP) is 0.914. The van der Waals surface area contributed by atoms with E-state index in [-0.39, 0.29) is 5.91 Å². The average molecular weight is 274 g/mol. The van der Waals surface area contributed by atoms with Gasteiger partial charge in [0, 0.05) is 32.7 Å². The van der Waals surface area contributed by atoms with Crippen molar-refractivity contribution in [1.82, 2.24) is 14.7 Å². The quantitative estimate of drug-likeness (QED) is 0.803. The summed E-state index contributed by atoms with van der Waals surface area (Å²) in [6, 6.07) is 3.84. The summed E-state index contributed by atoms with van der Waals surface area (Å²) >= 11 is 0. The fourth-order valence-electron chi connectivity index (χ4n) is 2.85. The van der Waals surface area contributed by atoms with Gasteiger partial charge in [-0.15, -0.1) is 0 Å². The summed E-state index contributed by atoms with van der Waals surface area (Å²) in [6.45, 7) is 3.57. The van der Waals surface area contributed by atoms with Crippen molar-refractivity contribution in [2.45, 2.75) is 32.4 Å². The number of fused-ring (bicyclic) bond motifs is 1. The number of carbonyl (C=O) groups excluding carboxylic acids is 1. The van der Waals surface area contributed by atoms with Gasteiger partial charge in [0.2, 0.25) is 5.91 Å². The minimum atomic E-state index is 0.189. The SMILES string of the molecule is N#Cc1cc2n(n1)CCCN(C(=O)CC1CCOC1)C2. The third kappa shape index (κ3) is 2.68. The van der Waals surface area contributed by atoms with Crippen molar-refractivity contribution in [2.24, 2.45) is 5.92 Å². The van der Waals surface area contributed by atoms with Gasteiger partial charge in [-0.05, 0) is 24.8 Å². The van der Waals surface area contributed by atoms with E-state index < -0.39 is 0 Å². The molecule has 3 rings (SSSR count). The Morgan fingerprint density at radius 3 is 3.20 bits per heavy atom. The Morgan fingerprint density at radius 1 is 1.55 bits per heavy atom. The topological polar surface area (TPSA) is 71.2 Å². The van der Waals surface area contributed by atoms with Crippen molar-refractivity contribution in [1.29, 1.82) is 5.26 Å². The van der Waals surface area contributed by atoms with Crippen molar-refractivity contribution in [3.8, 4) is 6.07 Å². The fraction of sp³-hybridized carbons (Fsp3) is 0.643. The average Bonchev–Trinajstić information content (AvgIpc) is 3.04. The van der Waals surface area contributed by atoms with Crippen LogP contribution < -0.4 is 0 Å². The van der Waals surface area contributed by atoms with E-state index in [1.54, 1.807) is 6.07 Å². The lowest BCUT2D eigenvalue weighted by Crippen LogP contribution is -2.32. The monoisotopic (exact) mass is 274 g/mol. The molecular formula is C14H18N4O2. The smallest absolute Gasteiger partial charge is 0.223 e. The van der Waals surface area contributed by atoms with Gasteiger partial charge in [-0.2, -0.15) is 10.4 Å². The molecule has 0 spiro atoms. The number of carbonyl (C=O) groups is 1. The number of nitrogens with zero attached hydrogens (tertiary/aromatic N) is 4. The lowest BCUT2D eigenvalue weighted by molar-refractivity contribution is -0.132. The van der Waals surface area contributed by atoms with Crippen LogP contribution >= 0.6 is 0 Å². The molecule has 0 radical (unpaired) electrons. The van der Waals surface area contributed by atoms with Crippen LogP contribution in [-0.4, -0.2) is 40.3 Å². The maximum Gasteiger partial charge on any atom is 0.223 e. The zero-order valence-electron chi connectivity index (χ0n) is 11.4. The second kappa shape index (κ2) is 5.63. The van der Waals surface area contributed by atoms with Gasteiger partial charge < -0.3 is 9.64 Å². The second-order valence-corrected chi connectivity index (χ2v) is 5.46. The second-order valence-electron chi connectivity index (χ2n) is 5.46. The van der Waals surface area contributed by atoms with Gasteiger partial charge in [0.25, 0.3) is 0 Å². The van der Waals surface area contributed by atoms with E-state index in [0.29, 0.717) is 31.2 Å². The summed E-state index contributed by atoms with van der Waals surface area (Å²) in [5.74, 6) is 0.555. The molecule has 0 N–H and O–H groups in total. The minimum Gasteiger partial charge on any atom is -0.381 e. The Labute approximate surface area is 117 Å².